The maximum absolute atomic E-state index is 12.6. The highest BCUT2D eigenvalue weighted by atomic mass is 16.5. The van der Waals surface area contributed by atoms with Crippen molar-refractivity contribution < 1.29 is 55.9 Å². The average molecular weight is 1780 g/mol. The Kier molecular flexibility index (Phi) is 54.0. The van der Waals surface area contributed by atoms with E-state index in [-0.39, 0.29) is 104 Å². The van der Waals surface area contributed by atoms with Crippen molar-refractivity contribution >= 4 is 35.4 Å². The van der Waals surface area contributed by atoms with Gasteiger partial charge in [0.15, 0.2) is 34.2 Å². The molecule has 0 aliphatic carbocycles. The predicted octanol–water partition coefficient (Wildman–Crippen LogP) is 23.3. The zero-order chi connectivity index (χ0) is 96.8. The summed E-state index contributed by atoms with van der Waals surface area (Å²) in [6, 6.07) is 5.65. The van der Waals surface area contributed by atoms with Gasteiger partial charge in [0.05, 0.1) is 0 Å². The summed E-state index contributed by atoms with van der Waals surface area (Å²) in [4.78, 5) is 78.2. The van der Waals surface area contributed by atoms with Gasteiger partial charge in [-0.1, -0.05) is 245 Å². The molecule has 8 atom stereocenters. The van der Waals surface area contributed by atoms with E-state index in [0.29, 0.717) is 34.2 Å². The zero-order valence-corrected chi connectivity index (χ0v) is 86.4. The Morgan fingerprint density at radius 1 is 0.299 bits per heavy atom. The Bertz CT molecular complexity index is 4070. The number of carbonyl (C=O) groups excluding carboxylic acids is 6. The summed E-state index contributed by atoms with van der Waals surface area (Å²) in [5.41, 5.74) is 5.25. The minimum Gasteiger partial charge on any atom is -0.361 e. The van der Waals surface area contributed by atoms with Gasteiger partial charge in [-0.05, 0) is 204 Å². The second-order valence-electron chi connectivity index (χ2n) is 37.4. The second-order valence-corrected chi connectivity index (χ2v) is 37.4. The summed E-state index contributed by atoms with van der Waals surface area (Å²) in [5, 5.41) is 41.8. The lowest BCUT2D eigenvalue weighted by Gasteiger charge is -2.38. The number of carbonyl (C=O) groups is 6. The Labute approximate surface area is 768 Å². The van der Waals surface area contributed by atoms with E-state index in [2.05, 4.69) is 211 Å². The lowest BCUT2D eigenvalue weighted by Crippen LogP contribution is -2.55. The minimum absolute atomic E-state index is 0.00164. The highest BCUT2D eigenvalue weighted by Crippen LogP contribution is 2.40. The number of hydrogen-bond acceptors (Lipinski definition) is 20. The lowest BCUT2D eigenvalue weighted by molar-refractivity contribution is 0.0842. The first-order chi connectivity index (χ1) is 59.8. The van der Waals surface area contributed by atoms with E-state index in [9.17, 15) is 28.8 Å². The topological polar surface area (TPSA) is 337 Å². The molecule has 6 amide bonds. The van der Waals surface area contributed by atoms with Crippen LogP contribution in [0.3, 0.4) is 0 Å². The molecule has 0 spiro atoms. The van der Waals surface area contributed by atoms with Gasteiger partial charge in [-0.15, -0.1) is 0 Å². The number of hydrogen-bond donors (Lipinski definition) is 6. The van der Waals surface area contributed by atoms with Crippen molar-refractivity contribution in [2.75, 3.05) is 28.2 Å². The van der Waals surface area contributed by atoms with Crippen LogP contribution < -0.4 is 31.9 Å². The van der Waals surface area contributed by atoms with E-state index >= 15 is 0 Å². The normalized spacial score (nSPS) is 14.1. The van der Waals surface area contributed by atoms with Crippen molar-refractivity contribution in [1.82, 2.24) is 72.6 Å². The van der Waals surface area contributed by atoms with Crippen LogP contribution in [0.4, 0.5) is 0 Å². The van der Waals surface area contributed by atoms with E-state index in [1.54, 1.807) is 18.2 Å². The van der Waals surface area contributed by atoms with E-state index in [0.717, 1.165) is 167 Å². The first-order valence-corrected chi connectivity index (χ1v) is 48.8. The van der Waals surface area contributed by atoms with Gasteiger partial charge < -0.3 is 68.8 Å². The highest BCUT2D eigenvalue weighted by molar-refractivity contribution is 5.96. The van der Waals surface area contributed by atoms with Crippen LogP contribution in [0, 0.1) is 42.4 Å². The summed E-state index contributed by atoms with van der Waals surface area (Å²) in [7, 11) is 7.99. The van der Waals surface area contributed by atoms with Crippen molar-refractivity contribution in [1.29, 1.82) is 0 Å². The Morgan fingerprint density at radius 3 is 0.756 bits per heavy atom. The molecule has 6 aromatic heterocycles. The average Bonchev–Trinajstić information content (AvgIpc) is 1.73. The van der Waals surface area contributed by atoms with Gasteiger partial charge in [0.2, 0.25) is 0 Å². The van der Waals surface area contributed by atoms with Gasteiger partial charge in [0.1, 0.15) is 34.6 Å². The van der Waals surface area contributed by atoms with Crippen LogP contribution in [0.1, 0.15) is 462 Å². The van der Waals surface area contributed by atoms with Crippen molar-refractivity contribution in [3.63, 3.8) is 0 Å². The number of nitrogens with zero attached hydrogens (tertiary/aromatic N) is 8. The molecule has 726 valence electrons. The number of amides is 6. The molecule has 6 aromatic rings. The molecular weight excluding hydrogens is 1600 g/mol. The number of aromatic nitrogens is 6. The standard InChI is InChI=1S/2C19H34N2O2.2C18H32N2O2.C14H25N3O2.C13H23N3O2/c1-7-10-11-13-19(6,12-8-2)15(5)20-18(22)17-14(4)16(9-3)23-21-17;1-7-11-12-13-19(9-3,10-4)15(6)20-18(22)17-14(5)16(8-2)23-21-17;1-6-9-10-12-18(5,11-7-2)14(4)19-17(21)16-13-15(8-3)22-20-16;1-6-10-11-12-18(8-3,9-4)14(5)19-17(21)16-13-15(7-2)22-20-16;1-8-11-9(2)12(16-19-11)13(18)15-10(3)14(4,5)17(6)7;1-7-10-8-11(15-18-10)12(17)14-9(2)13(3,4)16(5)6/h2*15H,7-13H2,1-6H3,(H,20,22);2*13-14H,6-12H2,1-5H3,(H,19,21);10H,8H2,1-7H3,(H,15,18);8-9H,7H2,1-6H3,(H,14,17). The SMILES string of the molecule is CCCCCC(C)(CCC)C(C)NC(=O)c1cc(CC)on1.CCCCCC(C)(CCC)C(C)NC(=O)c1noc(CC)c1C.CCCCCC(CC)(CC)C(C)NC(=O)c1cc(CC)on1.CCCCCC(CC)(CC)C(C)NC(=O)c1noc(CC)c1C.CCc1cc(C(=O)NC(C)C(C)(C)N(C)C)no1.CCc1onc(C(=O)NC(C)C(C)(C)N(C)C)c1C. The molecule has 0 aromatic carbocycles. The summed E-state index contributed by atoms with van der Waals surface area (Å²) >= 11 is 0. The van der Waals surface area contributed by atoms with Crippen LogP contribution in [0.5, 0.6) is 0 Å². The van der Waals surface area contributed by atoms with Gasteiger partial charge in [-0.3, -0.25) is 28.8 Å². The molecule has 0 saturated heterocycles. The fourth-order valence-corrected chi connectivity index (χ4v) is 16.0. The number of likely N-dealkylation sites (N-methyl/N-ethyl adjacent to an activating group) is 2. The summed E-state index contributed by atoms with van der Waals surface area (Å²) < 4.78 is 30.9. The number of aryl methyl sites for hydroxylation is 6. The first-order valence-electron chi connectivity index (χ1n) is 48.8. The maximum atomic E-state index is 12.6. The molecule has 8 unspecified atom stereocenters. The van der Waals surface area contributed by atoms with Gasteiger partial charge >= 0.3 is 0 Å². The molecule has 0 bridgehead atoms. The largest absolute Gasteiger partial charge is 0.361 e. The van der Waals surface area contributed by atoms with Crippen LogP contribution in [0.25, 0.3) is 0 Å². The van der Waals surface area contributed by atoms with Gasteiger partial charge in [-0.25, -0.2) is 0 Å². The van der Waals surface area contributed by atoms with E-state index in [1.807, 2.05) is 104 Å². The van der Waals surface area contributed by atoms with Gasteiger partial charge in [0.25, 0.3) is 35.4 Å². The Balaban J connectivity index is 0.000000764. The fourth-order valence-electron chi connectivity index (χ4n) is 16.0. The molecule has 0 aliphatic heterocycles. The molecule has 6 rings (SSSR count). The number of nitrogens with one attached hydrogen (secondary N) is 6. The fraction of sp³-hybridized carbons (Fsp3) is 0.762. The summed E-state index contributed by atoms with van der Waals surface area (Å²) in [6.07, 6.45) is 32.7. The molecule has 26 heteroatoms. The van der Waals surface area contributed by atoms with Crippen molar-refractivity contribution in [3.8, 4) is 0 Å². The Morgan fingerprint density at radius 2 is 0.535 bits per heavy atom. The Hall–Kier alpha value is -8.00. The minimum atomic E-state index is -0.194. The molecular formula is C101H180N14O12. The molecule has 6 heterocycles. The van der Waals surface area contributed by atoms with Gasteiger partial charge in [-0.2, -0.15) is 0 Å². The first kappa shape index (κ1) is 117. The zero-order valence-electron chi connectivity index (χ0n) is 86.4. The molecule has 0 fully saturated rings. The second kappa shape index (κ2) is 58.6. The molecule has 0 aliphatic rings. The predicted molar refractivity (Wildman–Crippen MR) is 515 cm³/mol. The smallest absolute Gasteiger partial charge is 0.274 e. The van der Waals surface area contributed by atoms with E-state index in [1.165, 1.54) is 77.0 Å². The van der Waals surface area contributed by atoms with Crippen molar-refractivity contribution in [2.24, 2.45) is 21.7 Å². The van der Waals surface area contributed by atoms with Gasteiger partial charge in [0, 0.05) is 121 Å². The lowest BCUT2D eigenvalue weighted by atomic mass is 9.72. The van der Waals surface area contributed by atoms with Crippen LogP contribution in [-0.2, 0) is 38.5 Å². The van der Waals surface area contributed by atoms with Crippen molar-refractivity contribution in [3.05, 3.63) is 104 Å². The van der Waals surface area contributed by atoms with Crippen molar-refractivity contribution in [2.45, 2.75) is 455 Å². The molecule has 127 heavy (non-hydrogen) atoms. The maximum Gasteiger partial charge on any atom is 0.274 e. The van der Waals surface area contributed by atoms with E-state index < -0.39 is 0 Å². The summed E-state index contributed by atoms with van der Waals surface area (Å²) in [5.74, 6) is 3.72. The molecule has 0 saturated carbocycles. The molecule has 0 radical (unpaired) electrons. The third-order valence-corrected chi connectivity index (χ3v) is 28.2. The van der Waals surface area contributed by atoms with Crippen LogP contribution >= 0.6 is 0 Å². The quantitative estimate of drug-likeness (QED) is 0.0193. The van der Waals surface area contributed by atoms with Crippen LogP contribution in [0.15, 0.2) is 45.3 Å². The van der Waals surface area contributed by atoms with Crippen LogP contribution in [-0.4, -0.2) is 152 Å². The highest BCUT2D eigenvalue weighted by Gasteiger charge is 2.39. The third-order valence-electron chi connectivity index (χ3n) is 28.2. The molecule has 6 N–H and O–H groups in total. The monoisotopic (exact) mass is 1780 g/mol. The molecule has 26 nitrogen and oxygen atoms in total. The van der Waals surface area contributed by atoms with E-state index in [4.69, 9.17) is 27.1 Å². The summed E-state index contributed by atoms with van der Waals surface area (Å²) in [6.45, 7) is 65.2. The number of unbranched alkanes of at least 4 members (excludes halogenated alkanes) is 8. The number of rotatable bonds is 50. The third kappa shape index (κ3) is 36.0. The van der Waals surface area contributed by atoms with Crippen LogP contribution in [0.2, 0.25) is 0 Å².